The number of carbonyl (C=O) groups excluding carboxylic acids is 3. The molecule has 1 heterocycles. The second-order valence-electron chi connectivity index (χ2n) is 8.24. The summed E-state index contributed by atoms with van der Waals surface area (Å²) < 4.78 is 0. The van der Waals surface area contributed by atoms with Crippen molar-refractivity contribution in [3.05, 3.63) is 23.8 Å². The zero-order valence-corrected chi connectivity index (χ0v) is 17.0. The molecule has 2 N–H and O–H groups in total. The number of likely N-dealkylation sites (tertiary alicyclic amines) is 1. The smallest absolute Gasteiger partial charge is 0.227 e. The van der Waals surface area contributed by atoms with Crippen LogP contribution in [0.3, 0.4) is 0 Å². The van der Waals surface area contributed by atoms with Crippen LogP contribution in [0.1, 0.15) is 52.5 Å². The summed E-state index contributed by atoms with van der Waals surface area (Å²) in [6, 6.07) is 5.50. The summed E-state index contributed by atoms with van der Waals surface area (Å²) in [6.07, 6.45) is 1.74. The molecule has 0 unspecified atom stereocenters. The van der Waals surface area contributed by atoms with Crippen molar-refractivity contribution >= 4 is 29.1 Å². The first-order valence-corrected chi connectivity index (χ1v) is 9.62. The van der Waals surface area contributed by atoms with Crippen molar-refractivity contribution in [2.45, 2.75) is 53.9 Å². The maximum Gasteiger partial charge on any atom is 0.227 e. The summed E-state index contributed by atoms with van der Waals surface area (Å²) in [5.74, 6) is -0.0641. The summed E-state index contributed by atoms with van der Waals surface area (Å²) in [5.41, 5.74) is 1.93. The van der Waals surface area contributed by atoms with Crippen LogP contribution in [0.25, 0.3) is 0 Å². The number of hydrogen-bond acceptors (Lipinski definition) is 3. The van der Waals surface area contributed by atoms with Crippen molar-refractivity contribution in [1.29, 1.82) is 0 Å². The van der Waals surface area contributed by atoms with Crippen LogP contribution >= 0.6 is 0 Å². The van der Waals surface area contributed by atoms with Crippen molar-refractivity contribution in [2.75, 3.05) is 23.7 Å². The van der Waals surface area contributed by atoms with Gasteiger partial charge in [-0.2, -0.15) is 0 Å². The van der Waals surface area contributed by atoms with Gasteiger partial charge >= 0.3 is 0 Å². The van der Waals surface area contributed by atoms with Crippen molar-refractivity contribution < 1.29 is 14.4 Å². The molecule has 0 bridgehead atoms. The van der Waals surface area contributed by atoms with Gasteiger partial charge in [0.15, 0.2) is 0 Å². The first kappa shape index (κ1) is 20.9. The number of benzene rings is 1. The van der Waals surface area contributed by atoms with Crippen molar-refractivity contribution in [1.82, 2.24) is 4.90 Å². The molecule has 1 saturated heterocycles. The SMILES string of the molecule is CCC(=O)Nc1ccc(C)c(NC(=O)C2CCN(C(=O)C(C)(C)C)CC2)c1. The van der Waals surface area contributed by atoms with E-state index < -0.39 is 5.41 Å². The van der Waals surface area contributed by atoms with Crippen LogP contribution in [0.15, 0.2) is 18.2 Å². The highest BCUT2D eigenvalue weighted by atomic mass is 16.2. The van der Waals surface area contributed by atoms with Gasteiger partial charge in [0.25, 0.3) is 0 Å². The monoisotopic (exact) mass is 373 g/mol. The predicted molar refractivity (Wildman–Crippen MR) is 107 cm³/mol. The van der Waals surface area contributed by atoms with E-state index in [2.05, 4.69) is 10.6 Å². The Kier molecular flexibility index (Phi) is 6.63. The van der Waals surface area contributed by atoms with E-state index in [0.717, 1.165) is 5.56 Å². The number of anilines is 2. The standard InChI is InChI=1S/C21H31N3O3/c1-6-18(25)22-16-8-7-14(2)17(13-16)23-19(26)15-9-11-24(12-10-15)20(27)21(3,4)5/h7-8,13,15H,6,9-12H2,1-5H3,(H,22,25)(H,23,26). The second kappa shape index (κ2) is 8.55. The fourth-order valence-electron chi connectivity index (χ4n) is 3.14. The maximum atomic E-state index is 12.7. The normalized spacial score (nSPS) is 15.4. The third kappa shape index (κ3) is 5.55. The number of hydrogen-bond donors (Lipinski definition) is 2. The number of aryl methyl sites for hydroxylation is 1. The van der Waals surface area contributed by atoms with E-state index in [1.54, 1.807) is 13.0 Å². The van der Waals surface area contributed by atoms with E-state index >= 15 is 0 Å². The molecule has 0 atom stereocenters. The molecular weight excluding hydrogens is 342 g/mol. The Bertz CT molecular complexity index is 714. The summed E-state index contributed by atoms with van der Waals surface area (Å²) >= 11 is 0. The molecule has 0 aliphatic carbocycles. The number of carbonyl (C=O) groups is 3. The molecule has 0 spiro atoms. The summed E-state index contributed by atoms with van der Waals surface area (Å²) in [6.45, 7) is 10.7. The first-order valence-electron chi connectivity index (χ1n) is 9.62. The Morgan fingerprint density at radius 1 is 1.11 bits per heavy atom. The molecule has 0 saturated carbocycles. The lowest BCUT2D eigenvalue weighted by Gasteiger charge is -2.35. The van der Waals surface area contributed by atoms with E-state index in [4.69, 9.17) is 0 Å². The van der Waals surface area contributed by atoms with Gasteiger partial charge in [0.1, 0.15) is 0 Å². The highest BCUT2D eigenvalue weighted by molar-refractivity contribution is 5.95. The van der Waals surface area contributed by atoms with Gasteiger partial charge in [-0.15, -0.1) is 0 Å². The molecule has 6 nitrogen and oxygen atoms in total. The number of amides is 3. The van der Waals surface area contributed by atoms with E-state index in [1.165, 1.54) is 0 Å². The van der Waals surface area contributed by atoms with Gasteiger partial charge in [-0.25, -0.2) is 0 Å². The Morgan fingerprint density at radius 2 is 1.74 bits per heavy atom. The van der Waals surface area contributed by atoms with Crippen LogP contribution in [-0.4, -0.2) is 35.7 Å². The molecule has 1 fully saturated rings. The molecule has 0 aromatic heterocycles. The van der Waals surface area contributed by atoms with Gasteiger partial charge in [-0.3, -0.25) is 14.4 Å². The minimum absolute atomic E-state index is 0.0278. The first-order chi connectivity index (χ1) is 12.6. The van der Waals surface area contributed by atoms with Crippen LogP contribution in [0.5, 0.6) is 0 Å². The fourth-order valence-corrected chi connectivity index (χ4v) is 3.14. The van der Waals surface area contributed by atoms with Crippen molar-refractivity contribution in [3.63, 3.8) is 0 Å². The van der Waals surface area contributed by atoms with Crippen LogP contribution < -0.4 is 10.6 Å². The zero-order valence-electron chi connectivity index (χ0n) is 17.0. The molecule has 1 aliphatic heterocycles. The number of nitrogens with one attached hydrogen (secondary N) is 2. The molecule has 148 valence electrons. The van der Waals surface area contributed by atoms with Gasteiger partial charge < -0.3 is 15.5 Å². The predicted octanol–water partition coefficient (Wildman–Crippen LogP) is 3.57. The van der Waals surface area contributed by atoms with Gasteiger partial charge in [0.05, 0.1) is 0 Å². The molecule has 2 rings (SSSR count). The Labute approximate surface area is 161 Å². The molecule has 27 heavy (non-hydrogen) atoms. The Morgan fingerprint density at radius 3 is 2.30 bits per heavy atom. The van der Waals surface area contributed by atoms with E-state index in [0.29, 0.717) is 43.7 Å². The quantitative estimate of drug-likeness (QED) is 0.847. The lowest BCUT2D eigenvalue weighted by molar-refractivity contribution is -0.142. The van der Waals surface area contributed by atoms with Gasteiger partial charge in [0, 0.05) is 42.2 Å². The Hall–Kier alpha value is -2.37. The van der Waals surface area contributed by atoms with E-state index in [-0.39, 0.29) is 23.6 Å². The van der Waals surface area contributed by atoms with Crippen LogP contribution in [0.2, 0.25) is 0 Å². The van der Waals surface area contributed by atoms with Crippen molar-refractivity contribution in [3.8, 4) is 0 Å². The molecule has 1 aliphatic rings. The zero-order chi connectivity index (χ0) is 20.2. The van der Waals surface area contributed by atoms with E-state index in [1.807, 2.05) is 44.7 Å². The highest BCUT2D eigenvalue weighted by Gasteiger charge is 2.32. The minimum Gasteiger partial charge on any atom is -0.342 e. The fraction of sp³-hybridized carbons (Fsp3) is 0.571. The van der Waals surface area contributed by atoms with Gasteiger partial charge in [-0.05, 0) is 37.5 Å². The van der Waals surface area contributed by atoms with Crippen LogP contribution in [0.4, 0.5) is 11.4 Å². The highest BCUT2D eigenvalue weighted by Crippen LogP contribution is 2.26. The molecule has 1 aromatic carbocycles. The third-order valence-electron chi connectivity index (χ3n) is 4.89. The third-order valence-corrected chi connectivity index (χ3v) is 4.89. The topological polar surface area (TPSA) is 78.5 Å². The maximum absolute atomic E-state index is 12.7. The summed E-state index contributed by atoms with van der Waals surface area (Å²) in [4.78, 5) is 38.5. The molecule has 6 heteroatoms. The number of nitrogens with zero attached hydrogens (tertiary/aromatic N) is 1. The minimum atomic E-state index is -0.393. The summed E-state index contributed by atoms with van der Waals surface area (Å²) in [5, 5.41) is 5.80. The lowest BCUT2D eigenvalue weighted by Crippen LogP contribution is -2.45. The Balaban J connectivity index is 1.97. The molecule has 1 aromatic rings. The van der Waals surface area contributed by atoms with Gasteiger partial charge in [0.2, 0.25) is 17.7 Å². The van der Waals surface area contributed by atoms with Crippen molar-refractivity contribution in [2.24, 2.45) is 11.3 Å². The molecule has 0 radical (unpaired) electrons. The number of rotatable bonds is 4. The van der Waals surface area contributed by atoms with E-state index in [9.17, 15) is 14.4 Å². The molecular formula is C21H31N3O3. The average Bonchev–Trinajstić information content (AvgIpc) is 2.63. The summed E-state index contributed by atoms with van der Waals surface area (Å²) in [7, 11) is 0. The number of piperidine rings is 1. The van der Waals surface area contributed by atoms with Crippen LogP contribution in [-0.2, 0) is 14.4 Å². The lowest BCUT2D eigenvalue weighted by atomic mass is 9.90. The van der Waals surface area contributed by atoms with Gasteiger partial charge in [-0.1, -0.05) is 33.8 Å². The largest absolute Gasteiger partial charge is 0.342 e. The van der Waals surface area contributed by atoms with Crippen LogP contribution in [0, 0.1) is 18.3 Å². The molecule has 3 amide bonds. The average molecular weight is 373 g/mol. The second-order valence-corrected chi connectivity index (χ2v) is 8.24.